The van der Waals surface area contributed by atoms with Gasteiger partial charge in [-0.25, -0.2) is 4.31 Å². The fourth-order valence-electron chi connectivity index (χ4n) is 5.41. The maximum Gasteiger partial charge on any atom is 0.243 e. The minimum Gasteiger partial charge on any atom is -0.760 e. The van der Waals surface area contributed by atoms with Crippen LogP contribution in [0.15, 0.2) is 30.6 Å². The van der Waals surface area contributed by atoms with Crippen molar-refractivity contribution in [2.45, 2.75) is 76.2 Å². The lowest BCUT2D eigenvalue weighted by atomic mass is 9.78. The Hall–Kier alpha value is -1.65. The molecule has 9 heteroatoms. The predicted octanol–water partition coefficient (Wildman–Crippen LogP) is 3.68. The number of morpholine rings is 1. The second kappa shape index (κ2) is 16.2. The van der Waals surface area contributed by atoms with Gasteiger partial charge in [-0.2, -0.15) is 0 Å². The van der Waals surface area contributed by atoms with Gasteiger partial charge in [-0.1, -0.05) is 38.2 Å². The molecule has 0 spiro atoms. The molecule has 1 N–H and O–H groups in total. The van der Waals surface area contributed by atoms with Crippen LogP contribution < -0.4 is 5.32 Å². The van der Waals surface area contributed by atoms with Crippen molar-refractivity contribution in [3.63, 3.8) is 0 Å². The van der Waals surface area contributed by atoms with E-state index in [1.807, 2.05) is 12.1 Å². The number of nitrogens with zero attached hydrogens (tertiary/aromatic N) is 3. The molecule has 1 aliphatic carbocycles. The van der Waals surface area contributed by atoms with Crippen LogP contribution in [0.1, 0.15) is 76.2 Å². The first-order valence-electron chi connectivity index (χ1n) is 13.6. The maximum atomic E-state index is 12.3. The lowest BCUT2D eigenvalue weighted by Crippen LogP contribution is -2.51. The molecular formula is C27H43N4O4S-. The van der Waals surface area contributed by atoms with Crippen molar-refractivity contribution >= 4 is 23.2 Å². The number of hydrogen-bond acceptors (Lipinski definition) is 6. The van der Waals surface area contributed by atoms with Gasteiger partial charge in [0, 0.05) is 61.5 Å². The third-order valence-corrected chi connectivity index (χ3v) is 8.34. The summed E-state index contributed by atoms with van der Waals surface area (Å²) in [5, 5.41) is 2.91. The monoisotopic (exact) mass is 519 g/mol. The molecular weight excluding hydrogens is 476 g/mol. The summed E-state index contributed by atoms with van der Waals surface area (Å²) in [5.74, 6) is -0.108. The molecule has 2 aliphatic rings. The number of rotatable bonds is 15. The van der Waals surface area contributed by atoms with Crippen LogP contribution >= 0.6 is 0 Å². The van der Waals surface area contributed by atoms with E-state index in [1.165, 1.54) is 12.5 Å². The minimum atomic E-state index is -2.20. The third kappa shape index (κ3) is 10.0. The summed E-state index contributed by atoms with van der Waals surface area (Å²) in [6, 6.07) is 3.74. The summed E-state index contributed by atoms with van der Waals surface area (Å²) in [6.07, 6.45) is 17.7. The van der Waals surface area contributed by atoms with Crippen molar-refractivity contribution in [2.24, 2.45) is 0 Å². The Balaban J connectivity index is 1.36. The summed E-state index contributed by atoms with van der Waals surface area (Å²) in [6.45, 7) is 5.79. The lowest BCUT2D eigenvalue weighted by Gasteiger charge is -2.47. The van der Waals surface area contributed by atoms with Crippen molar-refractivity contribution in [3.8, 4) is 0 Å². The molecule has 2 fully saturated rings. The van der Waals surface area contributed by atoms with Gasteiger partial charge in [-0.15, -0.1) is 0 Å². The van der Waals surface area contributed by atoms with Gasteiger partial charge in [0.1, 0.15) is 0 Å². The molecule has 0 radical (unpaired) electrons. The first-order valence-corrected chi connectivity index (χ1v) is 14.7. The Labute approximate surface area is 219 Å². The average Bonchev–Trinajstić information content (AvgIpc) is 2.90. The molecule has 1 saturated carbocycles. The van der Waals surface area contributed by atoms with Crippen LogP contribution in [0.3, 0.4) is 0 Å². The molecule has 0 aromatic carbocycles. The quantitative estimate of drug-likeness (QED) is 0.216. The van der Waals surface area contributed by atoms with Gasteiger partial charge in [0.05, 0.1) is 13.2 Å². The van der Waals surface area contributed by atoms with Gasteiger partial charge in [-0.3, -0.25) is 18.9 Å². The van der Waals surface area contributed by atoms with Crippen LogP contribution in [-0.4, -0.2) is 80.3 Å². The number of carbonyl (C=O) groups excluding carboxylic acids is 1. The smallest absolute Gasteiger partial charge is 0.243 e. The van der Waals surface area contributed by atoms with E-state index in [4.69, 9.17) is 4.74 Å². The summed E-state index contributed by atoms with van der Waals surface area (Å²) >= 11 is -2.20. The Bertz CT molecular complexity index is 811. The second-order valence-electron chi connectivity index (χ2n) is 9.99. The summed E-state index contributed by atoms with van der Waals surface area (Å²) < 4.78 is 31.9. The number of amides is 1. The number of aromatic nitrogens is 1. The van der Waals surface area contributed by atoms with Crippen molar-refractivity contribution in [1.82, 2.24) is 19.5 Å². The topological polar surface area (TPSA) is 97.8 Å². The zero-order valence-corrected chi connectivity index (χ0v) is 22.4. The Morgan fingerprint density at radius 2 is 1.94 bits per heavy atom. The van der Waals surface area contributed by atoms with Crippen molar-refractivity contribution < 1.29 is 18.3 Å². The standard InChI is InChI=1S/C27H44N4O4S/c32-26(12-11-25-10-8-16-28-24-25)29-17-6-1-2-7-19-31(36(33)34)27(13-4-3-5-14-27)15-9-18-30-20-22-35-23-21-30/h8,10-12,16,24H,1-7,9,13-15,17-23H2,(H,29,32)(H,33,34)/p-1/b12-11+. The first kappa shape index (κ1) is 28.9. The lowest BCUT2D eigenvalue weighted by molar-refractivity contribution is -0.116. The van der Waals surface area contributed by atoms with E-state index in [9.17, 15) is 13.6 Å². The fraction of sp³-hybridized carbons (Fsp3) is 0.704. The van der Waals surface area contributed by atoms with E-state index in [0.29, 0.717) is 13.1 Å². The van der Waals surface area contributed by atoms with Crippen molar-refractivity contribution in [1.29, 1.82) is 0 Å². The molecule has 1 aromatic heterocycles. The molecule has 1 aromatic rings. The largest absolute Gasteiger partial charge is 0.760 e. The van der Waals surface area contributed by atoms with Crippen LogP contribution in [0.5, 0.6) is 0 Å². The average molecular weight is 520 g/mol. The van der Waals surface area contributed by atoms with Gasteiger partial charge in [-0.05, 0) is 62.8 Å². The molecule has 202 valence electrons. The second-order valence-corrected chi connectivity index (χ2v) is 10.9. The number of nitrogens with one attached hydrogen (secondary N) is 1. The van der Waals surface area contributed by atoms with Crippen LogP contribution in [0.4, 0.5) is 0 Å². The molecule has 1 aliphatic heterocycles. The van der Waals surface area contributed by atoms with Gasteiger partial charge >= 0.3 is 0 Å². The third-order valence-electron chi connectivity index (χ3n) is 7.41. The molecule has 0 bridgehead atoms. The van der Waals surface area contributed by atoms with E-state index in [2.05, 4.69) is 15.2 Å². The van der Waals surface area contributed by atoms with E-state index in [-0.39, 0.29) is 11.4 Å². The predicted molar refractivity (Wildman–Crippen MR) is 143 cm³/mol. The fourth-order valence-corrected chi connectivity index (χ4v) is 6.28. The Kier molecular flexibility index (Phi) is 13.0. The van der Waals surface area contributed by atoms with E-state index in [0.717, 1.165) is 103 Å². The van der Waals surface area contributed by atoms with Gasteiger partial charge < -0.3 is 14.6 Å². The molecule has 3 rings (SSSR count). The highest BCUT2D eigenvalue weighted by Gasteiger charge is 2.38. The summed E-state index contributed by atoms with van der Waals surface area (Å²) in [4.78, 5) is 18.4. The molecule has 1 saturated heterocycles. The zero-order chi connectivity index (χ0) is 25.5. The summed E-state index contributed by atoms with van der Waals surface area (Å²) in [5.41, 5.74) is 0.677. The molecule has 2 heterocycles. The highest BCUT2D eigenvalue weighted by molar-refractivity contribution is 7.76. The van der Waals surface area contributed by atoms with Crippen LogP contribution in [-0.2, 0) is 20.8 Å². The molecule has 8 nitrogen and oxygen atoms in total. The van der Waals surface area contributed by atoms with Crippen LogP contribution in [0.2, 0.25) is 0 Å². The van der Waals surface area contributed by atoms with Crippen LogP contribution in [0.25, 0.3) is 6.08 Å². The van der Waals surface area contributed by atoms with E-state index >= 15 is 0 Å². The molecule has 1 atom stereocenters. The highest BCUT2D eigenvalue weighted by Crippen LogP contribution is 2.38. The summed E-state index contributed by atoms with van der Waals surface area (Å²) in [7, 11) is 0. The van der Waals surface area contributed by atoms with Gasteiger partial charge in [0.25, 0.3) is 0 Å². The highest BCUT2D eigenvalue weighted by atomic mass is 32.2. The SMILES string of the molecule is O=C(/C=C/c1cccnc1)NCCCCCCN(S(=O)[O-])C1(CCCN2CCOCC2)CCCCC1. The Morgan fingerprint density at radius 3 is 2.67 bits per heavy atom. The number of pyridine rings is 1. The normalized spacial score (nSPS) is 19.5. The van der Waals surface area contributed by atoms with E-state index < -0.39 is 11.3 Å². The van der Waals surface area contributed by atoms with Crippen LogP contribution in [0, 0.1) is 0 Å². The zero-order valence-electron chi connectivity index (χ0n) is 21.6. The van der Waals surface area contributed by atoms with Crippen molar-refractivity contribution in [2.75, 3.05) is 45.9 Å². The molecule has 36 heavy (non-hydrogen) atoms. The van der Waals surface area contributed by atoms with Gasteiger partial charge in [0.2, 0.25) is 5.91 Å². The molecule has 1 amide bonds. The minimum absolute atomic E-state index is 0.108. The molecule has 1 unspecified atom stereocenters. The number of ether oxygens (including phenoxy) is 1. The maximum absolute atomic E-state index is 12.3. The Morgan fingerprint density at radius 1 is 1.17 bits per heavy atom. The van der Waals surface area contributed by atoms with E-state index in [1.54, 1.807) is 22.8 Å². The number of hydrogen-bond donors (Lipinski definition) is 1. The van der Waals surface area contributed by atoms with Gasteiger partial charge in [0.15, 0.2) is 0 Å². The number of carbonyl (C=O) groups is 1. The number of unbranched alkanes of at least 4 members (excludes halogenated alkanes) is 3. The first-order chi connectivity index (χ1) is 17.6. The van der Waals surface area contributed by atoms with Crippen molar-refractivity contribution in [3.05, 3.63) is 36.2 Å².